The van der Waals surface area contributed by atoms with Gasteiger partial charge in [0.05, 0.1) is 17.8 Å². The number of sulfonamides is 1. The van der Waals surface area contributed by atoms with Gasteiger partial charge in [-0.1, -0.05) is 6.92 Å². The summed E-state index contributed by atoms with van der Waals surface area (Å²) >= 11 is 0. The van der Waals surface area contributed by atoms with Crippen LogP contribution in [0.15, 0.2) is 17.0 Å². The van der Waals surface area contributed by atoms with Crippen LogP contribution >= 0.6 is 0 Å². The Balaban J connectivity index is 1.73. The first kappa shape index (κ1) is 21.9. The second-order valence-electron chi connectivity index (χ2n) is 7.50. The second-order valence-corrected chi connectivity index (χ2v) is 9.30. The van der Waals surface area contributed by atoms with E-state index < -0.39 is 50.7 Å². The molecule has 162 valence electrons. The van der Waals surface area contributed by atoms with Gasteiger partial charge < -0.3 is 16.0 Å². The number of carbonyl (C=O) groups is 2. The largest absolute Gasteiger partial charge is 0.352 e. The van der Waals surface area contributed by atoms with E-state index in [-0.39, 0.29) is 28.2 Å². The summed E-state index contributed by atoms with van der Waals surface area (Å²) in [6.07, 6.45) is 0.603. The van der Waals surface area contributed by atoms with Crippen molar-refractivity contribution in [2.24, 2.45) is 11.8 Å². The lowest BCUT2D eigenvalue weighted by Gasteiger charge is -2.36. The first-order valence-corrected chi connectivity index (χ1v) is 10.7. The van der Waals surface area contributed by atoms with Crippen molar-refractivity contribution in [3.05, 3.63) is 23.8 Å². The number of rotatable bonds is 4. The van der Waals surface area contributed by atoms with Crippen LogP contribution in [-0.2, 0) is 14.8 Å². The Kier molecular flexibility index (Phi) is 5.96. The predicted octanol–water partition coefficient (Wildman–Crippen LogP) is 1.14. The maximum Gasteiger partial charge on any atom is 0.336 e. The number of fused-ring (bicyclic) bond motifs is 1. The summed E-state index contributed by atoms with van der Waals surface area (Å²) in [7, 11) is -4.77. The number of nitriles is 1. The van der Waals surface area contributed by atoms with E-state index in [1.807, 2.05) is 6.92 Å². The molecule has 30 heavy (non-hydrogen) atoms. The highest BCUT2D eigenvalue weighted by molar-refractivity contribution is 7.90. The minimum atomic E-state index is -4.77. The second kappa shape index (κ2) is 8.16. The Hall–Kier alpha value is -2.78. The number of carbonyl (C=O) groups excluding carboxylic acids is 2. The van der Waals surface area contributed by atoms with Crippen LogP contribution in [0.1, 0.15) is 20.3 Å². The van der Waals surface area contributed by atoms with E-state index in [0.717, 1.165) is 6.07 Å². The Labute approximate surface area is 172 Å². The van der Waals surface area contributed by atoms with Crippen LogP contribution in [0.2, 0.25) is 0 Å². The van der Waals surface area contributed by atoms with Crippen LogP contribution < -0.4 is 16.0 Å². The van der Waals surface area contributed by atoms with Gasteiger partial charge in [0.15, 0.2) is 11.6 Å². The highest BCUT2D eigenvalue weighted by Gasteiger charge is 2.41. The lowest BCUT2D eigenvalue weighted by atomic mass is 9.80. The molecule has 3 N–H and O–H groups in total. The normalized spacial score (nSPS) is 26.2. The number of anilines is 1. The standard InChI is InChI=1S/C18H21F2N5O4S/c1-9-5-11(6-21)22-7-12(9)10(2)23-15(26)8-25-18(27)24-14-4-3-13(19)16(20)17(14)30(25,28)29/h3-4,9-12,22H,5,7-8H2,1-2H3,(H,23,26)(H,24,27)/t9?,10-,11?,12?/m0/s1. The molecule has 2 aliphatic rings. The molecule has 3 unspecified atom stereocenters. The lowest BCUT2D eigenvalue weighted by molar-refractivity contribution is -0.122. The molecular formula is C18H21F2N5O4S. The van der Waals surface area contributed by atoms with Gasteiger partial charge in [-0.25, -0.2) is 26.3 Å². The van der Waals surface area contributed by atoms with Gasteiger partial charge in [-0.3, -0.25) is 4.79 Å². The summed E-state index contributed by atoms with van der Waals surface area (Å²) in [4.78, 5) is 23.6. The smallest absolute Gasteiger partial charge is 0.336 e. The molecule has 3 amide bonds. The first-order chi connectivity index (χ1) is 14.1. The molecule has 3 rings (SSSR count). The molecule has 2 aliphatic heterocycles. The summed E-state index contributed by atoms with van der Waals surface area (Å²) in [5, 5.41) is 16.9. The average molecular weight is 441 g/mol. The molecule has 1 saturated heterocycles. The van der Waals surface area contributed by atoms with Gasteiger partial charge in [0.25, 0.3) is 10.0 Å². The fourth-order valence-corrected chi connectivity index (χ4v) is 5.34. The molecule has 9 nitrogen and oxygen atoms in total. The Morgan fingerprint density at radius 3 is 2.77 bits per heavy atom. The highest BCUT2D eigenvalue weighted by atomic mass is 32.2. The third-order valence-electron chi connectivity index (χ3n) is 5.48. The Morgan fingerprint density at radius 2 is 2.13 bits per heavy atom. The third-order valence-corrected chi connectivity index (χ3v) is 7.27. The first-order valence-electron chi connectivity index (χ1n) is 9.30. The number of amides is 3. The van der Waals surface area contributed by atoms with Crippen molar-refractivity contribution in [2.45, 2.75) is 37.2 Å². The number of halogens is 2. The van der Waals surface area contributed by atoms with Crippen LogP contribution in [0.3, 0.4) is 0 Å². The van der Waals surface area contributed by atoms with Crippen molar-refractivity contribution < 1.29 is 26.8 Å². The van der Waals surface area contributed by atoms with Gasteiger partial charge in [0, 0.05) is 12.6 Å². The number of urea groups is 1. The molecule has 0 spiro atoms. The van der Waals surface area contributed by atoms with Gasteiger partial charge in [0.2, 0.25) is 5.91 Å². The van der Waals surface area contributed by atoms with E-state index in [9.17, 15) is 26.8 Å². The molecule has 2 heterocycles. The third kappa shape index (κ3) is 3.95. The molecule has 0 aliphatic carbocycles. The van der Waals surface area contributed by atoms with E-state index in [1.165, 1.54) is 0 Å². The monoisotopic (exact) mass is 441 g/mol. The average Bonchev–Trinajstić information content (AvgIpc) is 2.67. The summed E-state index contributed by atoms with van der Waals surface area (Å²) in [5.41, 5.74) is -0.391. The minimum Gasteiger partial charge on any atom is -0.352 e. The Morgan fingerprint density at radius 1 is 1.43 bits per heavy atom. The topological polar surface area (TPSA) is 131 Å². The van der Waals surface area contributed by atoms with Crippen LogP contribution in [0.25, 0.3) is 0 Å². The van der Waals surface area contributed by atoms with E-state index >= 15 is 0 Å². The SMILES string of the molecule is CC1CC(C#N)NCC1[C@H](C)NC(=O)CN1C(=O)Nc2ccc(F)c(F)c2S1(=O)=O. The molecule has 1 aromatic rings. The van der Waals surface area contributed by atoms with Crippen LogP contribution in [0, 0.1) is 34.8 Å². The summed E-state index contributed by atoms with van der Waals surface area (Å²) < 4.78 is 53.2. The van der Waals surface area contributed by atoms with Crippen molar-refractivity contribution in [3.63, 3.8) is 0 Å². The molecule has 1 aromatic carbocycles. The van der Waals surface area contributed by atoms with Crippen LogP contribution in [0.5, 0.6) is 0 Å². The molecule has 1 fully saturated rings. The Bertz CT molecular complexity index is 1030. The van der Waals surface area contributed by atoms with Crippen molar-refractivity contribution in [1.29, 1.82) is 5.26 Å². The maximum absolute atomic E-state index is 14.1. The number of nitrogens with one attached hydrogen (secondary N) is 3. The predicted molar refractivity (Wildman–Crippen MR) is 102 cm³/mol. The van der Waals surface area contributed by atoms with Crippen molar-refractivity contribution in [1.82, 2.24) is 14.9 Å². The summed E-state index contributed by atoms with van der Waals surface area (Å²) in [6.45, 7) is 3.29. The number of hydrogen-bond donors (Lipinski definition) is 3. The molecule has 0 saturated carbocycles. The zero-order valence-corrected chi connectivity index (χ0v) is 17.1. The van der Waals surface area contributed by atoms with Crippen molar-refractivity contribution >= 4 is 27.6 Å². The lowest BCUT2D eigenvalue weighted by Crippen LogP contribution is -2.54. The number of hydrogen-bond acceptors (Lipinski definition) is 6. The van der Waals surface area contributed by atoms with Crippen molar-refractivity contribution in [2.75, 3.05) is 18.4 Å². The maximum atomic E-state index is 14.1. The molecule has 0 radical (unpaired) electrons. The van der Waals surface area contributed by atoms with Crippen molar-refractivity contribution in [3.8, 4) is 6.07 Å². The zero-order valence-electron chi connectivity index (χ0n) is 16.3. The van der Waals surface area contributed by atoms with Gasteiger partial charge in [0.1, 0.15) is 11.4 Å². The van der Waals surface area contributed by atoms with E-state index in [0.29, 0.717) is 19.0 Å². The summed E-state index contributed by atoms with van der Waals surface area (Å²) in [5.74, 6) is -3.67. The molecule has 0 aromatic heterocycles. The van der Waals surface area contributed by atoms with Gasteiger partial charge >= 0.3 is 6.03 Å². The van der Waals surface area contributed by atoms with E-state index in [2.05, 4.69) is 22.0 Å². The zero-order chi connectivity index (χ0) is 22.2. The van der Waals surface area contributed by atoms with Gasteiger partial charge in [-0.05, 0) is 37.3 Å². The molecule has 0 bridgehead atoms. The number of benzene rings is 1. The number of nitrogens with zero attached hydrogens (tertiary/aromatic N) is 2. The molecular weight excluding hydrogens is 420 g/mol. The fourth-order valence-electron chi connectivity index (χ4n) is 3.85. The van der Waals surface area contributed by atoms with E-state index in [1.54, 1.807) is 6.92 Å². The van der Waals surface area contributed by atoms with Crippen LogP contribution in [-0.4, -0.2) is 49.8 Å². The van der Waals surface area contributed by atoms with E-state index in [4.69, 9.17) is 5.26 Å². The van der Waals surface area contributed by atoms with Crippen LogP contribution in [0.4, 0.5) is 19.3 Å². The van der Waals surface area contributed by atoms with Gasteiger partial charge in [-0.15, -0.1) is 0 Å². The molecule has 4 atom stereocenters. The number of piperidine rings is 1. The van der Waals surface area contributed by atoms with Gasteiger partial charge in [-0.2, -0.15) is 5.26 Å². The quantitative estimate of drug-likeness (QED) is 0.642. The highest BCUT2D eigenvalue weighted by Crippen LogP contribution is 2.33. The fraction of sp³-hybridized carbons (Fsp3) is 0.500. The molecule has 12 heteroatoms. The minimum absolute atomic E-state index is 0.0161. The summed E-state index contributed by atoms with van der Waals surface area (Å²) in [6, 6.07) is 2.00.